The van der Waals surface area contributed by atoms with E-state index in [2.05, 4.69) is 23.6 Å². The Morgan fingerprint density at radius 3 is 2.62 bits per heavy atom. The Bertz CT molecular complexity index is 217. The van der Waals surface area contributed by atoms with Gasteiger partial charge < -0.3 is 4.74 Å². The molecule has 1 unspecified atom stereocenters. The van der Waals surface area contributed by atoms with E-state index in [-0.39, 0.29) is 5.97 Å². The van der Waals surface area contributed by atoms with E-state index in [4.69, 9.17) is 4.74 Å². The van der Waals surface area contributed by atoms with Crippen molar-refractivity contribution < 1.29 is 9.53 Å². The summed E-state index contributed by atoms with van der Waals surface area (Å²) < 4.78 is 4.96. The van der Waals surface area contributed by atoms with Crippen LogP contribution in [-0.2, 0) is 9.53 Å². The maximum absolute atomic E-state index is 11.3. The zero-order chi connectivity index (χ0) is 12.0. The van der Waals surface area contributed by atoms with Crippen LogP contribution in [0.4, 0.5) is 0 Å². The lowest BCUT2D eigenvalue weighted by atomic mass is 10.2. The molecule has 0 saturated carbocycles. The van der Waals surface area contributed by atoms with Gasteiger partial charge in [0.25, 0.3) is 0 Å². The maximum Gasteiger partial charge on any atom is 0.320 e. The molecular weight excluding hydrogens is 204 g/mol. The van der Waals surface area contributed by atoms with Crippen molar-refractivity contribution in [1.29, 1.82) is 0 Å². The standard InChI is InChI=1S/C12H24N2O2/c1-4-14(5-2)11-7-8-13(9-11)10-12(15)16-6-3/h11H,4-10H2,1-3H3. The first-order valence-electron chi connectivity index (χ1n) is 6.33. The molecule has 0 aliphatic carbocycles. The highest BCUT2D eigenvalue weighted by Crippen LogP contribution is 2.14. The molecule has 0 aromatic carbocycles. The van der Waals surface area contributed by atoms with Gasteiger partial charge in [0.1, 0.15) is 0 Å². The van der Waals surface area contributed by atoms with Crippen molar-refractivity contribution in [2.75, 3.05) is 39.3 Å². The van der Waals surface area contributed by atoms with Gasteiger partial charge in [-0.05, 0) is 26.4 Å². The summed E-state index contributed by atoms with van der Waals surface area (Å²) in [6.45, 7) is 11.4. The molecule has 1 aliphatic rings. The predicted octanol–water partition coefficient (Wildman–Crippen LogP) is 0.966. The van der Waals surface area contributed by atoms with Crippen molar-refractivity contribution in [2.24, 2.45) is 0 Å². The SMILES string of the molecule is CCOC(=O)CN1CCC(N(CC)CC)C1. The molecule has 16 heavy (non-hydrogen) atoms. The highest BCUT2D eigenvalue weighted by molar-refractivity contribution is 5.71. The van der Waals surface area contributed by atoms with Gasteiger partial charge in [0.15, 0.2) is 0 Å². The average molecular weight is 228 g/mol. The van der Waals surface area contributed by atoms with Crippen molar-refractivity contribution in [1.82, 2.24) is 9.80 Å². The Labute approximate surface area is 98.5 Å². The number of likely N-dealkylation sites (N-methyl/N-ethyl adjacent to an activating group) is 1. The molecule has 0 N–H and O–H groups in total. The van der Waals surface area contributed by atoms with Crippen molar-refractivity contribution in [3.05, 3.63) is 0 Å². The molecule has 0 aromatic heterocycles. The lowest BCUT2D eigenvalue weighted by Crippen LogP contribution is -2.38. The summed E-state index contributed by atoms with van der Waals surface area (Å²) in [5.74, 6) is -0.0947. The minimum atomic E-state index is -0.0947. The number of carbonyl (C=O) groups is 1. The second-order valence-electron chi connectivity index (χ2n) is 4.20. The third kappa shape index (κ3) is 3.76. The number of hydrogen-bond donors (Lipinski definition) is 0. The fraction of sp³-hybridized carbons (Fsp3) is 0.917. The fourth-order valence-corrected chi connectivity index (χ4v) is 2.38. The number of esters is 1. The summed E-state index contributed by atoms with van der Waals surface area (Å²) in [6.07, 6.45) is 1.17. The van der Waals surface area contributed by atoms with Crippen LogP contribution >= 0.6 is 0 Å². The molecule has 4 nitrogen and oxygen atoms in total. The van der Waals surface area contributed by atoms with Crippen molar-refractivity contribution >= 4 is 5.97 Å². The minimum Gasteiger partial charge on any atom is -0.465 e. The Hall–Kier alpha value is -0.610. The molecule has 1 rings (SSSR count). The molecular formula is C12H24N2O2. The highest BCUT2D eigenvalue weighted by Gasteiger charge is 2.27. The van der Waals surface area contributed by atoms with Gasteiger partial charge in [0.2, 0.25) is 0 Å². The average Bonchev–Trinajstić information content (AvgIpc) is 2.68. The third-order valence-electron chi connectivity index (χ3n) is 3.23. The van der Waals surface area contributed by atoms with Crippen LogP contribution in [0, 0.1) is 0 Å². The Balaban J connectivity index is 2.31. The van der Waals surface area contributed by atoms with Crippen molar-refractivity contribution in [2.45, 2.75) is 33.2 Å². The van der Waals surface area contributed by atoms with Crippen LogP contribution in [0.25, 0.3) is 0 Å². The van der Waals surface area contributed by atoms with E-state index in [1.165, 1.54) is 6.42 Å². The molecule has 0 aromatic rings. The first-order valence-corrected chi connectivity index (χ1v) is 6.33. The quantitative estimate of drug-likeness (QED) is 0.634. The normalized spacial score (nSPS) is 21.6. The summed E-state index contributed by atoms with van der Waals surface area (Å²) in [7, 11) is 0. The van der Waals surface area contributed by atoms with Crippen molar-refractivity contribution in [3.8, 4) is 0 Å². The summed E-state index contributed by atoms with van der Waals surface area (Å²) in [6, 6.07) is 0.615. The Morgan fingerprint density at radius 1 is 1.38 bits per heavy atom. The number of carbonyl (C=O) groups excluding carboxylic acids is 1. The largest absolute Gasteiger partial charge is 0.465 e. The molecule has 1 saturated heterocycles. The van der Waals surface area contributed by atoms with E-state index in [9.17, 15) is 4.79 Å². The second-order valence-corrected chi connectivity index (χ2v) is 4.20. The van der Waals surface area contributed by atoms with Crippen LogP contribution < -0.4 is 0 Å². The zero-order valence-electron chi connectivity index (χ0n) is 10.7. The number of hydrogen-bond acceptors (Lipinski definition) is 4. The first kappa shape index (κ1) is 13.5. The van der Waals surface area contributed by atoms with E-state index < -0.39 is 0 Å². The lowest BCUT2D eigenvalue weighted by Gasteiger charge is -2.26. The molecule has 1 atom stereocenters. The monoisotopic (exact) mass is 228 g/mol. The molecule has 0 radical (unpaired) electrons. The Kier molecular flexibility index (Phi) is 5.77. The molecule has 0 spiro atoms. The molecule has 0 bridgehead atoms. The van der Waals surface area contributed by atoms with Crippen LogP contribution in [0.3, 0.4) is 0 Å². The van der Waals surface area contributed by atoms with Gasteiger partial charge in [-0.15, -0.1) is 0 Å². The van der Waals surface area contributed by atoms with Crippen LogP contribution in [-0.4, -0.2) is 61.1 Å². The summed E-state index contributed by atoms with van der Waals surface area (Å²) in [5, 5.41) is 0. The van der Waals surface area contributed by atoms with Crippen LogP contribution in [0.2, 0.25) is 0 Å². The van der Waals surface area contributed by atoms with Gasteiger partial charge in [-0.3, -0.25) is 14.6 Å². The number of ether oxygens (including phenoxy) is 1. The minimum absolute atomic E-state index is 0.0947. The molecule has 1 aliphatic heterocycles. The highest BCUT2D eigenvalue weighted by atomic mass is 16.5. The molecule has 1 fully saturated rings. The number of nitrogens with zero attached hydrogens (tertiary/aromatic N) is 2. The first-order chi connectivity index (χ1) is 7.71. The van der Waals surface area contributed by atoms with E-state index in [0.717, 1.165) is 26.2 Å². The fourth-order valence-electron chi connectivity index (χ4n) is 2.38. The van der Waals surface area contributed by atoms with Gasteiger partial charge in [-0.25, -0.2) is 0 Å². The van der Waals surface area contributed by atoms with E-state index >= 15 is 0 Å². The van der Waals surface area contributed by atoms with E-state index in [1.54, 1.807) is 0 Å². The third-order valence-corrected chi connectivity index (χ3v) is 3.23. The smallest absolute Gasteiger partial charge is 0.320 e. The number of rotatable bonds is 6. The van der Waals surface area contributed by atoms with Crippen molar-refractivity contribution in [3.63, 3.8) is 0 Å². The maximum atomic E-state index is 11.3. The zero-order valence-corrected chi connectivity index (χ0v) is 10.7. The molecule has 0 amide bonds. The lowest BCUT2D eigenvalue weighted by molar-refractivity contribution is -0.144. The van der Waals surface area contributed by atoms with E-state index in [0.29, 0.717) is 19.2 Å². The van der Waals surface area contributed by atoms with E-state index in [1.807, 2.05) is 6.92 Å². The van der Waals surface area contributed by atoms with Gasteiger partial charge >= 0.3 is 5.97 Å². The van der Waals surface area contributed by atoms with Crippen LogP contribution in [0.5, 0.6) is 0 Å². The molecule has 1 heterocycles. The second kappa shape index (κ2) is 6.86. The molecule has 4 heteroatoms. The summed E-state index contributed by atoms with van der Waals surface area (Å²) >= 11 is 0. The van der Waals surface area contributed by atoms with Gasteiger partial charge in [0.05, 0.1) is 13.2 Å². The topological polar surface area (TPSA) is 32.8 Å². The summed E-state index contributed by atoms with van der Waals surface area (Å²) in [5.41, 5.74) is 0. The predicted molar refractivity (Wildman–Crippen MR) is 64.4 cm³/mol. The van der Waals surface area contributed by atoms with Gasteiger partial charge in [-0.1, -0.05) is 13.8 Å². The van der Waals surface area contributed by atoms with Crippen LogP contribution in [0.1, 0.15) is 27.2 Å². The Morgan fingerprint density at radius 2 is 2.06 bits per heavy atom. The summed E-state index contributed by atoms with van der Waals surface area (Å²) in [4.78, 5) is 16.0. The van der Waals surface area contributed by atoms with Crippen LogP contribution in [0.15, 0.2) is 0 Å². The van der Waals surface area contributed by atoms with Gasteiger partial charge in [-0.2, -0.15) is 0 Å². The molecule has 94 valence electrons. The van der Waals surface area contributed by atoms with Gasteiger partial charge in [0, 0.05) is 19.1 Å². The number of likely N-dealkylation sites (tertiary alicyclic amines) is 1.